The lowest BCUT2D eigenvalue weighted by Crippen LogP contribution is -2.45. The van der Waals surface area contributed by atoms with Crippen LogP contribution in [0.3, 0.4) is 0 Å². The van der Waals surface area contributed by atoms with Crippen molar-refractivity contribution in [3.8, 4) is 0 Å². The van der Waals surface area contributed by atoms with Crippen LogP contribution >= 0.6 is 0 Å². The van der Waals surface area contributed by atoms with Gasteiger partial charge >= 0.3 is 0 Å². The Balaban J connectivity index is 1.83. The quantitative estimate of drug-likeness (QED) is 0.730. The van der Waals surface area contributed by atoms with E-state index in [4.69, 9.17) is 0 Å². The Hall–Kier alpha value is -1.99. The Labute approximate surface area is 179 Å². The number of sulfonamides is 1. The highest BCUT2D eigenvalue weighted by Gasteiger charge is 2.44. The Morgan fingerprint density at radius 1 is 0.900 bits per heavy atom. The van der Waals surface area contributed by atoms with E-state index >= 15 is 0 Å². The summed E-state index contributed by atoms with van der Waals surface area (Å²) in [4.78, 5) is 28.4. The first-order valence-corrected chi connectivity index (χ1v) is 12.4. The average Bonchev–Trinajstić information content (AvgIpc) is 2.76. The number of hydrogen-bond acceptors (Lipinski definition) is 5. The van der Waals surface area contributed by atoms with Crippen molar-refractivity contribution in [2.45, 2.75) is 57.9 Å². The van der Waals surface area contributed by atoms with Crippen LogP contribution in [0.4, 0.5) is 0 Å². The largest absolute Gasteiger partial charge is 0.367 e. The summed E-state index contributed by atoms with van der Waals surface area (Å²) in [5.41, 5.74) is 0.566. The molecule has 0 N–H and O–H groups in total. The van der Waals surface area contributed by atoms with E-state index in [-0.39, 0.29) is 28.0 Å². The molecule has 4 rings (SSSR count). The molecule has 3 aliphatic rings. The summed E-state index contributed by atoms with van der Waals surface area (Å²) in [6.45, 7) is 3.33. The summed E-state index contributed by atoms with van der Waals surface area (Å²) < 4.78 is 28.8. The van der Waals surface area contributed by atoms with E-state index in [1.54, 1.807) is 31.3 Å². The number of rotatable bonds is 4. The SMILES string of the molecule is CC1CCN(C2=C(S(=O)(=O)N(C)C3CCCCC3)C(=O)c3ccccc3C2=O)CC1. The first-order valence-electron chi connectivity index (χ1n) is 11.0. The highest BCUT2D eigenvalue weighted by Crippen LogP contribution is 2.36. The number of likely N-dealkylation sites (tertiary alicyclic amines) is 1. The third kappa shape index (κ3) is 3.62. The molecular weight excluding hydrogens is 400 g/mol. The summed E-state index contributed by atoms with van der Waals surface area (Å²) in [5.74, 6) is -0.384. The summed E-state index contributed by atoms with van der Waals surface area (Å²) in [6.07, 6.45) is 6.40. The molecule has 1 saturated heterocycles. The second-order valence-corrected chi connectivity index (χ2v) is 10.8. The van der Waals surface area contributed by atoms with Gasteiger partial charge in [0.2, 0.25) is 21.6 Å². The van der Waals surface area contributed by atoms with Crippen LogP contribution in [-0.2, 0) is 10.0 Å². The van der Waals surface area contributed by atoms with E-state index in [0.29, 0.717) is 24.6 Å². The lowest BCUT2D eigenvalue weighted by Gasteiger charge is -2.37. The third-order valence-electron chi connectivity index (χ3n) is 6.88. The molecule has 2 fully saturated rings. The van der Waals surface area contributed by atoms with Gasteiger partial charge in [-0.1, -0.05) is 50.5 Å². The summed E-state index contributed by atoms with van der Waals surface area (Å²) in [7, 11) is -2.54. The van der Waals surface area contributed by atoms with Crippen LogP contribution in [0.25, 0.3) is 0 Å². The fourth-order valence-electron chi connectivity index (χ4n) is 4.88. The van der Waals surface area contributed by atoms with E-state index in [9.17, 15) is 18.0 Å². The van der Waals surface area contributed by atoms with Gasteiger partial charge in [0.15, 0.2) is 4.91 Å². The van der Waals surface area contributed by atoms with Gasteiger partial charge in [-0.3, -0.25) is 9.59 Å². The van der Waals surface area contributed by atoms with Crippen molar-refractivity contribution in [1.82, 2.24) is 9.21 Å². The van der Waals surface area contributed by atoms with Crippen molar-refractivity contribution >= 4 is 21.6 Å². The molecule has 7 heteroatoms. The third-order valence-corrected chi connectivity index (χ3v) is 8.83. The van der Waals surface area contributed by atoms with Gasteiger partial charge in [-0.25, -0.2) is 8.42 Å². The maximum atomic E-state index is 13.7. The lowest BCUT2D eigenvalue weighted by atomic mass is 9.90. The number of piperidine rings is 1. The molecule has 0 spiro atoms. The molecule has 0 bridgehead atoms. The van der Waals surface area contributed by atoms with Crippen molar-refractivity contribution in [1.29, 1.82) is 0 Å². The second kappa shape index (κ2) is 8.27. The molecule has 0 amide bonds. The zero-order valence-electron chi connectivity index (χ0n) is 17.8. The van der Waals surface area contributed by atoms with Gasteiger partial charge in [0.25, 0.3) is 0 Å². The maximum absolute atomic E-state index is 13.7. The molecule has 0 atom stereocenters. The molecule has 0 aromatic heterocycles. The van der Waals surface area contributed by atoms with Gasteiger partial charge in [-0.05, 0) is 31.6 Å². The van der Waals surface area contributed by atoms with Crippen molar-refractivity contribution in [2.75, 3.05) is 20.1 Å². The number of nitrogens with zero attached hydrogens (tertiary/aromatic N) is 2. The monoisotopic (exact) mass is 430 g/mol. The molecule has 1 aromatic rings. The fourth-order valence-corrected chi connectivity index (χ4v) is 6.58. The number of hydrogen-bond donors (Lipinski definition) is 0. The van der Waals surface area contributed by atoms with Crippen LogP contribution in [0.5, 0.6) is 0 Å². The maximum Gasteiger partial charge on any atom is 0.249 e. The van der Waals surface area contributed by atoms with Gasteiger partial charge in [0.1, 0.15) is 5.70 Å². The molecule has 1 heterocycles. The predicted octanol–water partition coefficient (Wildman–Crippen LogP) is 3.60. The minimum Gasteiger partial charge on any atom is -0.367 e. The number of ketones is 2. The van der Waals surface area contributed by atoms with Crippen LogP contribution in [0.2, 0.25) is 0 Å². The van der Waals surface area contributed by atoms with Crippen molar-refractivity contribution in [2.24, 2.45) is 5.92 Å². The Morgan fingerprint density at radius 3 is 2.07 bits per heavy atom. The Morgan fingerprint density at radius 2 is 1.47 bits per heavy atom. The standard InChI is InChI=1S/C23H30N2O4S/c1-16-12-14-25(15-13-16)20-21(26)18-10-6-7-11-19(18)22(27)23(20)30(28,29)24(2)17-8-4-3-5-9-17/h6-7,10-11,16-17H,3-5,8-9,12-15H2,1-2H3. The Bertz CT molecular complexity index is 984. The minimum absolute atomic E-state index is 0.0771. The number of benzene rings is 1. The molecular formula is C23H30N2O4S. The van der Waals surface area contributed by atoms with Gasteiger partial charge in [-0.15, -0.1) is 0 Å². The van der Waals surface area contributed by atoms with E-state index in [0.717, 1.165) is 44.9 Å². The fraction of sp³-hybridized carbons (Fsp3) is 0.565. The van der Waals surface area contributed by atoms with Crippen LogP contribution in [0.1, 0.15) is 72.6 Å². The van der Waals surface area contributed by atoms with Gasteiger partial charge in [-0.2, -0.15) is 4.31 Å². The van der Waals surface area contributed by atoms with E-state index in [2.05, 4.69) is 6.92 Å². The first-order chi connectivity index (χ1) is 14.3. The van der Waals surface area contributed by atoms with E-state index < -0.39 is 15.8 Å². The van der Waals surface area contributed by atoms with Crippen molar-refractivity contribution < 1.29 is 18.0 Å². The number of Topliss-reactive ketones (excluding diaryl/α,β-unsaturated/α-hetero) is 2. The smallest absolute Gasteiger partial charge is 0.249 e. The zero-order valence-corrected chi connectivity index (χ0v) is 18.6. The second-order valence-electron chi connectivity index (χ2n) is 8.86. The predicted molar refractivity (Wildman–Crippen MR) is 116 cm³/mol. The first kappa shape index (κ1) is 21.2. The molecule has 162 valence electrons. The topological polar surface area (TPSA) is 74.8 Å². The molecule has 1 saturated carbocycles. The number of fused-ring (bicyclic) bond motifs is 1. The highest BCUT2D eigenvalue weighted by atomic mass is 32.2. The Kier molecular flexibility index (Phi) is 5.86. The van der Waals surface area contributed by atoms with Gasteiger partial charge in [0, 0.05) is 37.3 Å². The van der Waals surface area contributed by atoms with Crippen molar-refractivity contribution in [3.05, 3.63) is 46.0 Å². The van der Waals surface area contributed by atoms with Crippen molar-refractivity contribution in [3.63, 3.8) is 0 Å². The van der Waals surface area contributed by atoms with Crippen LogP contribution in [0.15, 0.2) is 34.9 Å². The number of carbonyl (C=O) groups excluding carboxylic acids is 2. The lowest BCUT2D eigenvalue weighted by molar-refractivity contribution is 0.0932. The molecule has 1 aromatic carbocycles. The van der Waals surface area contributed by atoms with Gasteiger partial charge < -0.3 is 4.90 Å². The average molecular weight is 431 g/mol. The molecule has 2 aliphatic carbocycles. The minimum atomic E-state index is -4.10. The molecule has 0 radical (unpaired) electrons. The van der Waals surface area contributed by atoms with Crippen LogP contribution in [0, 0.1) is 5.92 Å². The van der Waals surface area contributed by atoms with E-state index in [1.165, 1.54) is 4.31 Å². The highest BCUT2D eigenvalue weighted by molar-refractivity contribution is 7.94. The molecule has 6 nitrogen and oxygen atoms in total. The van der Waals surface area contributed by atoms with Crippen LogP contribution < -0.4 is 0 Å². The number of allylic oxidation sites excluding steroid dienone is 2. The summed E-state index contributed by atoms with van der Waals surface area (Å²) in [5, 5.41) is 0. The molecule has 1 aliphatic heterocycles. The number of carbonyl (C=O) groups is 2. The molecule has 30 heavy (non-hydrogen) atoms. The zero-order chi connectivity index (χ0) is 21.5. The van der Waals surface area contributed by atoms with Crippen LogP contribution in [-0.4, -0.2) is 55.4 Å². The van der Waals surface area contributed by atoms with Gasteiger partial charge in [0.05, 0.1) is 0 Å². The normalized spacial score (nSPS) is 22.0. The summed E-state index contributed by atoms with van der Waals surface area (Å²) >= 11 is 0. The molecule has 0 unspecified atom stereocenters. The van der Waals surface area contributed by atoms with E-state index in [1.807, 2.05) is 4.90 Å². The summed E-state index contributed by atoms with van der Waals surface area (Å²) in [6, 6.07) is 6.44.